The van der Waals surface area contributed by atoms with E-state index in [2.05, 4.69) is 46.5 Å². The Morgan fingerprint density at radius 2 is 1.30 bits per heavy atom. The highest BCUT2D eigenvalue weighted by atomic mass is 79.9. The Morgan fingerprint density at radius 1 is 0.741 bits per heavy atom. The first-order chi connectivity index (χ1) is 26.0. The Kier molecular flexibility index (Phi) is 12.7. The molecule has 0 aliphatic rings. The lowest BCUT2D eigenvalue weighted by molar-refractivity contribution is 0.0526. The Labute approximate surface area is 319 Å². The summed E-state index contributed by atoms with van der Waals surface area (Å²) in [5.41, 5.74) is 4.94. The van der Waals surface area contributed by atoms with E-state index in [1.165, 1.54) is 24.4 Å². The quantitative estimate of drug-likeness (QED) is 0.0681. The Bertz CT molecular complexity index is 2320. The molecule has 4 aromatic heterocycles. The van der Waals surface area contributed by atoms with Crippen molar-refractivity contribution in [3.8, 4) is 23.0 Å². The number of halogens is 1. The molecular weight excluding hydrogens is 760 g/mol. The van der Waals surface area contributed by atoms with Gasteiger partial charge in [0.2, 0.25) is 0 Å². The van der Waals surface area contributed by atoms with Gasteiger partial charge in [-0.1, -0.05) is 0 Å². The molecule has 54 heavy (non-hydrogen) atoms. The van der Waals surface area contributed by atoms with Crippen molar-refractivity contribution in [2.75, 3.05) is 37.6 Å². The molecule has 0 unspecified atom stereocenters. The van der Waals surface area contributed by atoms with Crippen molar-refractivity contribution in [3.63, 3.8) is 0 Å². The van der Waals surface area contributed by atoms with Gasteiger partial charge >= 0.3 is 11.9 Å². The number of aromatic carboxylic acids is 1. The Morgan fingerprint density at radius 3 is 1.85 bits per heavy atom. The molecule has 0 spiro atoms. The molecule has 14 nitrogen and oxygen atoms in total. The first kappa shape index (κ1) is 39.0. The van der Waals surface area contributed by atoms with Crippen molar-refractivity contribution in [1.29, 1.82) is 0 Å². The molecule has 0 aliphatic heterocycles. The van der Waals surface area contributed by atoms with Crippen molar-refractivity contribution < 1.29 is 38.7 Å². The fourth-order valence-electron chi connectivity index (χ4n) is 5.34. The lowest BCUT2D eigenvalue weighted by Gasteiger charge is -2.16. The van der Waals surface area contributed by atoms with Gasteiger partial charge in [-0.3, -0.25) is 0 Å². The number of nitrogens with zero attached hydrogens (tertiary/aromatic N) is 4. The van der Waals surface area contributed by atoms with Crippen LogP contribution < -0.4 is 24.8 Å². The summed E-state index contributed by atoms with van der Waals surface area (Å²) in [5.74, 6) is -0.123. The zero-order chi connectivity index (χ0) is 38.9. The normalized spacial score (nSPS) is 10.6. The average molecular weight is 800 g/mol. The highest BCUT2D eigenvalue weighted by Crippen LogP contribution is 2.36. The van der Waals surface area contributed by atoms with Crippen LogP contribution in [0.1, 0.15) is 52.9 Å². The number of carboxylic acids is 1. The highest BCUT2D eigenvalue weighted by molar-refractivity contribution is 9.10. The number of methoxy groups -OCH3 is 1. The van der Waals surface area contributed by atoms with Crippen LogP contribution in [0.2, 0.25) is 0 Å². The number of pyridine rings is 4. The van der Waals surface area contributed by atoms with Crippen molar-refractivity contribution in [2.45, 2.75) is 34.6 Å². The number of hydrogen-bond acceptors (Lipinski definition) is 13. The third kappa shape index (κ3) is 8.86. The molecule has 0 atom stereocenters. The lowest BCUT2D eigenvalue weighted by atomic mass is 10.1. The number of carboxylic acid groups (broad SMARTS) is 1. The maximum absolute atomic E-state index is 12.5. The van der Waals surface area contributed by atoms with Crippen LogP contribution in [-0.4, -0.2) is 69.0 Å². The summed E-state index contributed by atoms with van der Waals surface area (Å²) in [7, 11) is 1.65. The Hall–Kier alpha value is -6.22. The lowest BCUT2D eigenvalue weighted by Crippen LogP contribution is -2.10. The summed E-state index contributed by atoms with van der Waals surface area (Å²) >= 11 is 3.57. The van der Waals surface area contributed by atoms with Gasteiger partial charge in [0.05, 0.1) is 54.2 Å². The number of aromatic nitrogens is 4. The second-order valence-corrected chi connectivity index (χ2v) is 12.4. The van der Waals surface area contributed by atoms with E-state index in [1.807, 2.05) is 51.1 Å². The molecule has 0 radical (unpaired) electrons. The average Bonchev–Trinajstić information content (AvgIpc) is 3.15. The van der Waals surface area contributed by atoms with Gasteiger partial charge < -0.3 is 39.8 Å². The molecule has 0 saturated carbocycles. The van der Waals surface area contributed by atoms with Gasteiger partial charge in [-0.05, 0) is 105 Å². The van der Waals surface area contributed by atoms with Crippen LogP contribution in [0.5, 0.6) is 23.0 Å². The molecule has 0 bridgehead atoms. The zero-order valence-electron chi connectivity index (χ0n) is 30.5. The number of ether oxygens (including phenoxy) is 4. The number of rotatable bonds is 12. The molecule has 0 aliphatic carbocycles. The van der Waals surface area contributed by atoms with Gasteiger partial charge in [-0.15, -0.1) is 0 Å². The largest absolute Gasteiger partial charge is 0.507 e. The summed E-state index contributed by atoms with van der Waals surface area (Å²) in [6.07, 6.45) is 3.11. The minimum Gasteiger partial charge on any atom is -0.507 e. The molecule has 0 saturated heterocycles. The number of benzene rings is 2. The van der Waals surface area contributed by atoms with Gasteiger partial charge in [0, 0.05) is 34.5 Å². The topological polar surface area (TPSA) is 187 Å². The van der Waals surface area contributed by atoms with Crippen LogP contribution in [0, 0.1) is 13.8 Å². The highest BCUT2D eigenvalue weighted by Gasteiger charge is 2.20. The molecule has 4 N–H and O–H groups in total. The number of fused-ring (bicyclic) bond motifs is 2. The molecule has 6 rings (SSSR count). The number of nitrogens with one attached hydrogen (secondary N) is 2. The molecule has 0 fully saturated rings. The van der Waals surface area contributed by atoms with E-state index in [-0.39, 0.29) is 23.5 Å². The third-order valence-corrected chi connectivity index (χ3v) is 8.51. The molecule has 280 valence electrons. The van der Waals surface area contributed by atoms with Crippen LogP contribution >= 0.6 is 15.9 Å². The predicted molar refractivity (Wildman–Crippen MR) is 209 cm³/mol. The summed E-state index contributed by atoms with van der Waals surface area (Å²) in [4.78, 5) is 41.5. The molecular formula is C39H39BrN6O8. The van der Waals surface area contributed by atoms with E-state index in [0.29, 0.717) is 52.7 Å². The van der Waals surface area contributed by atoms with Crippen LogP contribution in [-0.2, 0) is 4.74 Å². The van der Waals surface area contributed by atoms with Crippen LogP contribution in [0.3, 0.4) is 0 Å². The molecule has 15 heteroatoms. The van der Waals surface area contributed by atoms with E-state index in [4.69, 9.17) is 18.9 Å². The van der Waals surface area contributed by atoms with Crippen molar-refractivity contribution in [1.82, 2.24) is 19.9 Å². The molecule has 0 amide bonds. The van der Waals surface area contributed by atoms with Crippen LogP contribution in [0.4, 0.5) is 22.7 Å². The number of carbonyl (C=O) groups is 2. The van der Waals surface area contributed by atoms with Gasteiger partial charge in [0.25, 0.3) is 0 Å². The van der Waals surface area contributed by atoms with E-state index in [9.17, 15) is 19.8 Å². The number of anilines is 4. The number of aryl methyl sites for hydroxylation is 2. The second kappa shape index (κ2) is 17.5. The Balaban J connectivity index is 0.000000213. The van der Waals surface area contributed by atoms with Crippen molar-refractivity contribution in [2.24, 2.45) is 0 Å². The summed E-state index contributed by atoms with van der Waals surface area (Å²) in [6, 6.07) is 15.5. The van der Waals surface area contributed by atoms with E-state index in [0.717, 1.165) is 38.4 Å². The maximum Gasteiger partial charge on any atom is 0.341 e. The molecule has 4 heterocycles. The van der Waals surface area contributed by atoms with Crippen molar-refractivity contribution in [3.05, 3.63) is 94.0 Å². The van der Waals surface area contributed by atoms with Gasteiger partial charge in [0.15, 0.2) is 11.3 Å². The summed E-state index contributed by atoms with van der Waals surface area (Å²) in [5, 5.41) is 26.9. The molecule has 2 aromatic carbocycles. The van der Waals surface area contributed by atoms with Crippen LogP contribution in [0.15, 0.2) is 71.5 Å². The monoisotopic (exact) mass is 798 g/mol. The minimum absolute atomic E-state index is 0.155. The molecule has 6 aromatic rings. The number of aromatic hydroxyl groups is 1. The third-order valence-electron chi connectivity index (χ3n) is 7.91. The first-order valence-corrected chi connectivity index (χ1v) is 17.7. The fraction of sp³-hybridized carbons (Fsp3) is 0.231. The smallest absolute Gasteiger partial charge is 0.341 e. The van der Waals surface area contributed by atoms with Gasteiger partial charge in [-0.2, -0.15) is 0 Å². The number of esters is 1. The standard InChI is InChI=1S/C21H21N3O6.C18H18BrN3O2/c1-4-29-17-9-14-18(24-12-6-7-16(25)13(8-12)20(26)27)15(21(28)30-5-2)10-22-19(14)23-11(17)3;1-4-24-16-9-14-17(15(19)10-20-18(14)21-11(16)2)22-12-5-7-13(23-3)8-6-12/h6-10,25H,4-5H2,1-3H3,(H,26,27)(H,22,23,24);5-10H,4H2,1-3H3,(H,20,21,22). The van der Waals surface area contributed by atoms with Gasteiger partial charge in [-0.25, -0.2) is 29.5 Å². The SMILES string of the molecule is CCOC(=O)c1cnc2nc(C)c(OCC)cc2c1Nc1ccc(O)c(C(=O)O)c1.CCOc1cc2c(Nc3ccc(OC)cc3)c(Br)cnc2nc1C. The number of hydrogen-bond donors (Lipinski definition) is 4. The fourth-order valence-corrected chi connectivity index (χ4v) is 5.75. The van der Waals surface area contributed by atoms with Crippen LogP contribution in [0.25, 0.3) is 22.1 Å². The number of carbonyl (C=O) groups excluding carboxylic acids is 1. The minimum atomic E-state index is -1.28. The number of phenols is 1. The summed E-state index contributed by atoms with van der Waals surface area (Å²) in [6.45, 7) is 10.4. The zero-order valence-corrected chi connectivity index (χ0v) is 32.1. The van der Waals surface area contributed by atoms with E-state index >= 15 is 0 Å². The van der Waals surface area contributed by atoms with E-state index in [1.54, 1.807) is 33.2 Å². The summed E-state index contributed by atoms with van der Waals surface area (Å²) < 4.78 is 22.5. The van der Waals surface area contributed by atoms with Gasteiger partial charge in [0.1, 0.15) is 34.1 Å². The second-order valence-electron chi connectivity index (χ2n) is 11.5. The maximum atomic E-state index is 12.5. The first-order valence-electron chi connectivity index (χ1n) is 16.9. The predicted octanol–water partition coefficient (Wildman–Crippen LogP) is 8.51. The van der Waals surface area contributed by atoms with E-state index < -0.39 is 11.9 Å². The van der Waals surface area contributed by atoms with Crippen molar-refractivity contribution >= 4 is 72.7 Å².